The van der Waals surface area contributed by atoms with Crippen molar-refractivity contribution in [1.29, 1.82) is 0 Å². The van der Waals surface area contributed by atoms with Crippen molar-refractivity contribution >= 4 is 22.4 Å². The van der Waals surface area contributed by atoms with Crippen LogP contribution < -0.4 is 4.74 Å². The summed E-state index contributed by atoms with van der Waals surface area (Å²) in [5, 5.41) is 1.05. The number of ether oxygens (including phenoxy) is 2. The summed E-state index contributed by atoms with van der Waals surface area (Å²) >= 11 is 0. The molecule has 3 aromatic rings. The topological polar surface area (TPSA) is 51.3 Å². The van der Waals surface area contributed by atoms with E-state index < -0.39 is 0 Å². The molecule has 0 saturated carbocycles. The van der Waals surface area contributed by atoms with E-state index in [0.717, 1.165) is 27.6 Å². The molecule has 4 heteroatoms. The summed E-state index contributed by atoms with van der Waals surface area (Å²) in [5.74, 6) is 0.339. The van der Waals surface area contributed by atoms with E-state index in [1.165, 1.54) is 6.08 Å². The Balaban J connectivity index is 2.20. The molecule has 0 aliphatic rings. The highest BCUT2D eigenvalue weighted by Crippen LogP contribution is 2.34. The molecule has 0 aliphatic carbocycles. The highest BCUT2D eigenvalue weighted by atomic mass is 16.5. The lowest BCUT2D eigenvalue weighted by Crippen LogP contribution is -2.02. The highest BCUT2D eigenvalue weighted by Gasteiger charge is 2.15. The number of carbonyl (C=O) groups is 1. The zero-order valence-electron chi connectivity index (χ0n) is 13.7. The fourth-order valence-electron chi connectivity index (χ4n) is 2.70. The number of H-pyrrole nitrogens is 1. The minimum Gasteiger partial charge on any atom is -0.496 e. The standard InChI is InChI=1S/C20H19NO3/c1-3-24-20(22)13-16(14-7-5-4-6-8-14)17-12-18-15(9-10-21-18)11-19(17)23-2/h4-13,21H,3H2,1-2H3/b16-13+. The Bertz CT molecular complexity index is 878. The number of fused-ring (bicyclic) bond motifs is 1. The van der Waals surface area contributed by atoms with Gasteiger partial charge in [-0.1, -0.05) is 30.3 Å². The van der Waals surface area contributed by atoms with Gasteiger partial charge in [-0.25, -0.2) is 4.79 Å². The first kappa shape index (κ1) is 15.9. The van der Waals surface area contributed by atoms with Crippen molar-refractivity contribution in [2.75, 3.05) is 13.7 Å². The molecule has 0 saturated heterocycles. The second kappa shape index (κ2) is 7.04. The maximum Gasteiger partial charge on any atom is 0.331 e. The van der Waals surface area contributed by atoms with Gasteiger partial charge >= 0.3 is 5.97 Å². The number of aromatic amines is 1. The number of rotatable bonds is 5. The van der Waals surface area contributed by atoms with Crippen molar-refractivity contribution in [3.8, 4) is 5.75 Å². The van der Waals surface area contributed by atoms with E-state index in [0.29, 0.717) is 12.4 Å². The van der Waals surface area contributed by atoms with E-state index in [-0.39, 0.29) is 5.97 Å². The molecule has 0 atom stereocenters. The maximum absolute atomic E-state index is 12.1. The first-order valence-electron chi connectivity index (χ1n) is 7.82. The zero-order valence-corrected chi connectivity index (χ0v) is 13.7. The number of carbonyl (C=O) groups excluding carboxylic acids is 1. The van der Waals surface area contributed by atoms with Crippen LogP contribution in [0.25, 0.3) is 16.5 Å². The summed E-state index contributed by atoms with van der Waals surface area (Å²) in [6.07, 6.45) is 3.40. The Labute approximate surface area is 140 Å². The number of esters is 1. The third-order valence-electron chi connectivity index (χ3n) is 3.80. The Morgan fingerprint density at radius 3 is 2.67 bits per heavy atom. The number of hydrogen-bond donors (Lipinski definition) is 1. The van der Waals surface area contributed by atoms with Crippen LogP contribution in [0.5, 0.6) is 5.75 Å². The Morgan fingerprint density at radius 2 is 1.96 bits per heavy atom. The molecule has 4 nitrogen and oxygen atoms in total. The van der Waals surface area contributed by atoms with Gasteiger partial charge < -0.3 is 14.5 Å². The van der Waals surface area contributed by atoms with E-state index in [2.05, 4.69) is 4.98 Å². The third kappa shape index (κ3) is 3.18. The number of hydrogen-bond acceptors (Lipinski definition) is 3. The van der Waals surface area contributed by atoms with Crippen molar-refractivity contribution in [3.05, 3.63) is 71.9 Å². The molecule has 0 spiro atoms. The first-order valence-corrected chi connectivity index (χ1v) is 7.82. The molecule has 3 rings (SSSR count). The molecule has 24 heavy (non-hydrogen) atoms. The summed E-state index contributed by atoms with van der Waals surface area (Å²) in [7, 11) is 1.63. The Kier molecular flexibility index (Phi) is 4.66. The van der Waals surface area contributed by atoms with Gasteiger partial charge in [0.05, 0.1) is 13.7 Å². The van der Waals surface area contributed by atoms with Crippen molar-refractivity contribution < 1.29 is 14.3 Å². The summed E-state index contributed by atoms with van der Waals surface area (Å²) in [6.45, 7) is 2.13. The van der Waals surface area contributed by atoms with Gasteiger partial charge in [-0.3, -0.25) is 0 Å². The average Bonchev–Trinajstić information content (AvgIpc) is 3.07. The molecule has 0 aliphatic heterocycles. The third-order valence-corrected chi connectivity index (χ3v) is 3.80. The molecule has 0 fully saturated rings. The number of methoxy groups -OCH3 is 1. The van der Waals surface area contributed by atoms with Gasteiger partial charge in [-0.15, -0.1) is 0 Å². The second-order valence-electron chi connectivity index (χ2n) is 5.29. The van der Waals surface area contributed by atoms with Crippen LogP contribution in [0.3, 0.4) is 0 Å². The molecular formula is C20H19NO3. The summed E-state index contributed by atoms with van der Waals surface area (Å²) < 4.78 is 10.7. The van der Waals surface area contributed by atoms with Gasteiger partial charge in [0.25, 0.3) is 0 Å². The lowest BCUT2D eigenvalue weighted by Gasteiger charge is -2.13. The summed E-state index contributed by atoms with van der Waals surface area (Å²) in [4.78, 5) is 15.3. The predicted octanol–water partition coefficient (Wildman–Crippen LogP) is 4.17. The fraction of sp³-hybridized carbons (Fsp3) is 0.150. The Morgan fingerprint density at radius 1 is 1.17 bits per heavy atom. The van der Waals surface area contributed by atoms with Gasteiger partial charge in [-0.05, 0) is 36.3 Å². The van der Waals surface area contributed by atoms with Gasteiger partial charge in [0, 0.05) is 28.7 Å². The van der Waals surface area contributed by atoms with Crippen LogP contribution >= 0.6 is 0 Å². The minimum atomic E-state index is -0.370. The molecule has 2 aromatic carbocycles. The number of aromatic nitrogens is 1. The van der Waals surface area contributed by atoms with E-state index in [4.69, 9.17) is 9.47 Å². The average molecular weight is 321 g/mol. The SMILES string of the molecule is CCOC(=O)/C=C(\c1ccccc1)c1cc2[nH]ccc2cc1OC. The van der Waals surface area contributed by atoms with Crippen LogP contribution in [-0.4, -0.2) is 24.7 Å². The van der Waals surface area contributed by atoms with Crippen LogP contribution in [0.2, 0.25) is 0 Å². The monoisotopic (exact) mass is 321 g/mol. The minimum absolute atomic E-state index is 0.338. The van der Waals surface area contributed by atoms with Gasteiger partial charge in [0.1, 0.15) is 5.75 Å². The quantitative estimate of drug-likeness (QED) is 0.567. The van der Waals surface area contributed by atoms with E-state index in [9.17, 15) is 4.79 Å². The van der Waals surface area contributed by atoms with Crippen LogP contribution in [0.1, 0.15) is 18.1 Å². The van der Waals surface area contributed by atoms with E-state index >= 15 is 0 Å². The van der Waals surface area contributed by atoms with Crippen LogP contribution in [0, 0.1) is 0 Å². The van der Waals surface area contributed by atoms with Crippen LogP contribution in [0.4, 0.5) is 0 Å². The van der Waals surface area contributed by atoms with Crippen molar-refractivity contribution in [1.82, 2.24) is 4.98 Å². The van der Waals surface area contributed by atoms with Gasteiger partial charge in [-0.2, -0.15) is 0 Å². The molecular weight excluding hydrogens is 302 g/mol. The first-order chi connectivity index (χ1) is 11.7. The molecule has 1 heterocycles. The van der Waals surface area contributed by atoms with Crippen molar-refractivity contribution in [3.63, 3.8) is 0 Å². The molecule has 0 amide bonds. The van der Waals surface area contributed by atoms with Crippen LogP contribution in [-0.2, 0) is 9.53 Å². The molecule has 0 radical (unpaired) electrons. The fourth-order valence-corrected chi connectivity index (χ4v) is 2.70. The van der Waals surface area contributed by atoms with Gasteiger partial charge in [0.15, 0.2) is 0 Å². The zero-order chi connectivity index (χ0) is 16.9. The largest absolute Gasteiger partial charge is 0.496 e. The molecule has 1 aromatic heterocycles. The molecule has 122 valence electrons. The number of benzene rings is 2. The van der Waals surface area contributed by atoms with E-state index in [1.54, 1.807) is 14.0 Å². The lowest BCUT2D eigenvalue weighted by atomic mass is 9.96. The predicted molar refractivity (Wildman–Crippen MR) is 95.0 cm³/mol. The normalized spacial score (nSPS) is 11.5. The van der Waals surface area contributed by atoms with E-state index in [1.807, 2.05) is 54.7 Å². The maximum atomic E-state index is 12.1. The summed E-state index contributed by atoms with van der Waals surface area (Å²) in [6, 6.07) is 15.7. The second-order valence-corrected chi connectivity index (χ2v) is 5.29. The van der Waals surface area contributed by atoms with Gasteiger partial charge in [0.2, 0.25) is 0 Å². The summed E-state index contributed by atoms with van der Waals surface area (Å²) in [5.41, 5.74) is 3.51. The van der Waals surface area contributed by atoms with Crippen molar-refractivity contribution in [2.45, 2.75) is 6.92 Å². The molecule has 1 N–H and O–H groups in total. The highest BCUT2D eigenvalue weighted by molar-refractivity contribution is 5.99. The molecule has 0 bridgehead atoms. The number of nitrogens with one attached hydrogen (secondary N) is 1. The Hall–Kier alpha value is -3.01. The molecule has 0 unspecified atom stereocenters. The smallest absolute Gasteiger partial charge is 0.331 e. The van der Waals surface area contributed by atoms with Crippen LogP contribution in [0.15, 0.2) is 60.8 Å². The lowest BCUT2D eigenvalue weighted by molar-refractivity contribution is -0.137. The van der Waals surface area contributed by atoms with Crippen molar-refractivity contribution in [2.24, 2.45) is 0 Å².